The van der Waals surface area contributed by atoms with E-state index in [4.69, 9.17) is 37.0 Å². The van der Waals surface area contributed by atoms with E-state index in [1.54, 1.807) is 0 Å². The SMILES string of the molecule is CCCCCC/C=C\C=C/CCCCCCCC(=O)O[C@H](COC(=O)CCCCCCCCCCCCCCC)COP(=O)(O)OC[C@H](O)COP(=O)(O)OC[C@@H](COC(=O)CCCCCCC/C=C\CCCCCCCC)OC(=O)CCCCCCC/C=C\CCCCCCCC. The van der Waals surface area contributed by atoms with Gasteiger partial charge >= 0.3 is 39.5 Å². The number of ether oxygens (including phenoxy) is 4. The average Bonchev–Trinajstić information content (AvgIpc) is 1.05. The molecule has 0 spiro atoms. The van der Waals surface area contributed by atoms with Crippen LogP contribution in [0.15, 0.2) is 48.6 Å². The van der Waals surface area contributed by atoms with Crippen LogP contribution >= 0.6 is 15.6 Å². The van der Waals surface area contributed by atoms with Crippen LogP contribution in [0.2, 0.25) is 0 Å². The molecule has 0 saturated carbocycles. The number of carbonyl (C=O) groups is 4. The van der Waals surface area contributed by atoms with Crippen molar-refractivity contribution in [3.8, 4) is 0 Å². The van der Waals surface area contributed by atoms with Crippen molar-refractivity contribution < 1.29 is 80.2 Å². The predicted molar refractivity (Wildman–Crippen MR) is 400 cm³/mol. The molecule has 574 valence electrons. The molecule has 0 saturated heterocycles. The molecule has 0 aliphatic rings. The van der Waals surface area contributed by atoms with E-state index in [-0.39, 0.29) is 25.7 Å². The Bertz CT molecular complexity index is 2050. The first-order valence-electron chi connectivity index (χ1n) is 39.9. The summed E-state index contributed by atoms with van der Waals surface area (Å²) >= 11 is 0. The third kappa shape index (κ3) is 71.4. The number of allylic oxidation sites excluding steroid dienone is 8. The monoisotopic (exact) mass is 1430 g/mol. The molecule has 0 fully saturated rings. The molecule has 0 aliphatic heterocycles. The topological polar surface area (TPSA) is 237 Å². The van der Waals surface area contributed by atoms with Gasteiger partial charge in [-0.15, -0.1) is 0 Å². The van der Waals surface area contributed by atoms with Gasteiger partial charge in [0.1, 0.15) is 19.3 Å². The number of phosphoric acid groups is 2. The zero-order valence-electron chi connectivity index (χ0n) is 62.7. The minimum atomic E-state index is -4.97. The Balaban J connectivity index is 5.34. The molecular weight excluding hydrogens is 1280 g/mol. The highest BCUT2D eigenvalue weighted by Crippen LogP contribution is 2.45. The van der Waals surface area contributed by atoms with Gasteiger partial charge in [-0.3, -0.25) is 37.3 Å². The lowest BCUT2D eigenvalue weighted by molar-refractivity contribution is -0.161. The summed E-state index contributed by atoms with van der Waals surface area (Å²) in [6, 6.07) is 0. The Morgan fingerprint density at radius 2 is 0.500 bits per heavy atom. The first kappa shape index (κ1) is 95.0. The largest absolute Gasteiger partial charge is 0.472 e. The van der Waals surface area contributed by atoms with E-state index in [0.717, 1.165) is 135 Å². The number of rotatable bonds is 76. The second kappa shape index (κ2) is 72.4. The number of aliphatic hydroxyl groups is 1. The summed E-state index contributed by atoms with van der Waals surface area (Å²) < 4.78 is 68.6. The number of phosphoric ester groups is 2. The number of hydrogen-bond donors (Lipinski definition) is 3. The van der Waals surface area contributed by atoms with Crippen LogP contribution in [0.4, 0.5) is 0 Å². The van der Waals surface area contributed by atoms with Crippen molar-refractivity contribution in [1.82, 2.24) is 0 Å². The van der Waals surface area contributed by atoms with Crippen molar-refractivity contribution in [2.75, 3.05) is 39.6 Å². The lowest BCUT2D eigenvalue weighted by Crippen LogP contribution is -2.30. The second-order valence-corrected chi connectivity index (χ2v) is 29.9. The normalized spacial score (nSPS) is 14.2. The summed E-state index contributed by atoms with van der Waals surface area (Å²) in [5.74, 6) is -2.17. The first-order chi connectivity index (χ1) is 47.7. The molecule has 0 bridgehead atoms. The summed E-state index contributed by atoms with van der Waals surface area (Å²) in [5.41, 5.74) is 0. The Labute approximate surface area is 597 Å². The van der Waals surface area contributed by atoms with Gasteiger partial charge in [-0.2, -0.15) is 0 Å². The molecule has 0 aromatic rings. The third-order valence-electron chi connectivity index (χ3n) is 17.3. The van der Waals surface area contributed by atoms with Crippen LogP contribution in [0.5, 0.6) is 0 Å². The van der Waals surface area contributed by atoms with Crippen molar-refractivity contribution in [2.24, 2.45) is 0 Å². The highest BCUT2D eigenvalue weighted by molar-refractivity contribution is 7.47. The molecule has 0 amide bonds. The number of carbonyl (C=O) groups excluding carboxylic acids is 4. The van der Waals surface area contributed by atoms with Crippen LogP contribution in [0.1, 0.15) is 374 Å². The summed E-state index contributed by atoms with van der Waals surface area (Å²) in [6.07, 6.45) is 69.4. The maximum absolute atomic E-state index is 13.1. The summed E-state index contributed by atoms with van der Waals surface area (Å²) in [7, 11) is -9.94. The van der Waals surface area contributed by atoms with Crippen LogP contribution in [0, 0.1) is 0 Å². The van der Waals surface area contributed by atoms with E-state index in [1.807, 2.05) is 0 Å². The maximum atomic E-state index is 13.1. The van der Waals surface area contributed by atoms with Crippen molar-refractivity contribution in [2.45, 2.75) is 393 Å². The van der Waals surface area contributed by atoms with Gasteiger partial charge in [-0.1, -0.05) is 295 Å². The van der Waals surface area contributed by atoms with Gasteiger partial charge in [0, 0.05) is 25.7 Å². The fourth-order valence-corrected chi connectivity index (χ4v) is 12.7. The van der Waals surface area contributed by atoms with Gasteiger partial charge in [0.05, 0.1) is 26.4 Å². The van der Waals surface area contributed by atoms with E-state index in [1.165, 1.54) is 161 Å². The van der Waals surface area contributed by atoms with Crippen molar-refractivity contribution >= 4 is 39.5 Å². The quantitative estimate of drug-likeness (QED) is 0.0128. The molecule has 3 N–H and O–H groups in total. The highest BCUT2D eigenvalue weighted by Gasteiger charge is 2.30. The van der Waals surface area contributed by atoms with Crippen molar-refractivity contribution in [3.05, 3.63) is 48.6 Å². The molecule has 17 nitrogen and oxygen atoms in total. The fourth-order valence-electron chi connectivity index (χ4n) is 11.1. The Morgan fingerprint density at radius 1 is 0.286 bits per heavy atom. The van der Waals surface area contributed by atoms with E-state index in [9.17, 15) is 43.2 Å². The van der Waals surface area contributed by atoms with Crippen LogP contribution in [-0.2, 0) is 65.4 Å². The molecule has 98 heavy (non-hydrogen) atoms. The fraction of sp³-hybridized carbons (Fsp3) is 0.848. The van der Waals surface area contributed by atoms with Gasteiger partial charge in [0.2, 0.25) is 0 Å². The molecule has 0 aromatic carbocycles. The number of unbranched alkanes of at least 4 members (excludes halogenated alkanes) is 43. The smallest absolute Gasteiger partial charge is 0.462 e. The van der Waals surface area contributed by atoms with Gasteiger partial charge in [-0.25, -0.2) is 9.13 Å². The zero-order chi connectivity index (χ0) is 71.8. The molecule has 0 aliphatic carbocycles. The van der Waals surface area contributed by atoms with Crippen LogP contribution in [-0.4, -0.2) is 96.7 Å². The molecule has 0 rings (SSSR count). The van der Waals surface area contributed by atoms with E-state index in [2.05, 4.69) is 76.3 Å². The van der Waals surface area contributed by atoms with Crippen LogP contribution in [0.25, 0.3) is 0 Å². The predicted octanol–water partition coefficient (Wildman–Crippen LogP) is 22.9. The van der Waals surface area contributed by atoms with E-state index in [0.29, 0.717) is 25.7 Å². The Morgan fingerprint density at radius 3 is 0.776 bits per heavy atom. The molecule has 0 aromatic heterocycles. The van der Waals surface area contributed by atoms with E-state index >= 15 is 0 Å². The lowest BCUT2D eigenvalue weighted by atomic mass is 10.0. The average molecular weight is 1430 g/mol. The lowest BCUT2D eigenvalue weighted by Gasteiger charge is -2.21. The van der Waals surface area contributed by atoms with Gasteiger partial charge in [0.25, 0.3) is 0 Å². The Kier molecular flexibility index (Phi) is 70.2. The summed E-state index contributed by atoms with van der Waals surface area (Å²) in [4.78, 5) is 72.9. The zero-order valence-corrected chi connectivity index (χ0v) is 64.5. The maximum Gasteiger partial charge on any atom is 0.472 e. The number of esters is 4. The molecule has 0 radical (unpaired) electrons. The standard InChI is InChI=1S/C79H146O17P2/c1-5-9-13-17-21-25-29-33-36-40-44-48-52-56-60-64-77(82)90-70-75(96-79(84)66-62-58-54-50-46-42-38-35-31-27-23-19-15-11-7-3)72-94-98(87,88)92-68-73(80)67-91-97(85,86)93-71-74(69-89-76(81)63-59-55-51-47-43-39-32-28-24-20-16-12-8-4)95-78(83)65-61-57-53-49-45-41-37-34-30-26-22-18-14-10-6-2/h26,30,33-38,73-75,80H,5-25,27-29,31-32,39-72H2,1-4H3,(H,85,86)(H,87,88)/b30-26-,36-33-,37-34-,38-35-/t73-,74+,75+/m0/s1. The second-order valence-electron chi connectivity index (χ2n) is 27.0. The summed E-state index contributed by atoms with van der Waals surface area (Å²) in [6.45, 7) is 4.88. The first-order valence-corrected chi connectivity index (χ1v) is 42.9. The highest BCUT2D eigenvalue weighted by atomic mass is 31.2. The van der Waals surface area contributed by atoms with Crippen molar-refractivity contribution in [1.29, 1.82) is 0 Å². The number of hydrogen-bond acceptors (Lipinski definition) is 15. The van der Waals surface area contributed by atoms with Crippen molar-refractivity contribution in [3.63, 3.8) is 0 Å². The van der Waals surface area contributed by atoms with Gasteiger partial charge < -0.3 is 33.8 Å². The molecule has 2 unspecified atom stereocenters. The third-order valence-corrected chi connectivity index (χ3v) is 19.2. The Hall–Kier alpha value is -2.98. The molecule has 5 atom stereocenters. The minimum Gasteiger partial charge on any atom is -0.462 e. The van der Waals surface area contributed by atoms with Crippen LogP contribution in [0.3, 0.4) is 0 Å². The number of aliphatic hydroxyl groups excluding tert-OH is 1. The van der Waals surface area contributed by atoms with Gasteiger partial charge in [0.15, 0.2) is 12.2 Å². The molecular formula is C79H146O17P2. The van der Waals surface area contributed by atoms with Crippen LogP contribution < -0.4 is 0 Å². The molecule has 0 heterocycles. The van der Waals surface area contributed by atoms with E-state index < -0.39 is 97.5 Å². The van der Waals surface area contributed by atoms with Gasteiger partial charge in [-0.05, 0) is 103 Å². The molecule has 19 heteroatoms. The summed E-state index contributed by atoms with van der Waals surface area (Å²) in [5, 5.41) is 10.6. The minimum absolute atomic E-state index is 0.0833.